The Bertz CT molecular complexity index is 1200. The molecule has 32 heavy (non-hydrogen) atoms. The molecule has 0 saturated carbocycles. The number of imidazole rings is 1. The number of para-hydroxylation sites is 1. The van der Waals surface area contributed by atoms with Crippen LogP contribution >= 0.6 is 0 Å². The van der Waals surface area contributed by atoms with Gasteiger partial charge in [-0.05, 0) is 43.0 Å². The fourth-order valence-electron chi connectivity index (χ4n) is 5.26. The lowest BCUT2D eigenvalue weighted by atomic mass is 9.58. The summed E-state index contributed by atoms with van der Waals surface area (Å²) in [5, 5.41) is 9.58. The van der Waals surface area contributed by atoms with Crippen molar-refractivity contribution < 1.29 is 4.79 Å². The molecular formula is C27H28N4O. The molecule has 0 spiro atoms. The highest BCUT2D eigenvalue weighted by atomic mass is 16.1. The molecule has 3 aromatic rings. The van der Waals surface area contributed by atoms with Crippen LogP contribution < -0.4 is 0 Å². The van der Waals surface area contributed by atoms with Gasteiger partial charge >= 0.3 is 0 Å². The van der Waals surface area contributed by atoms with E-state index in [0.717, 1.165) is 41.3 Å². The van der Waals surface area contributed by atoms with Crippen molar-refractivity contribution >= 4 is 5.78 Å². The number of ketones is 1. The van der Waals surface area contributed by atoms with Crippen LogP contribution in [0.15, 0.2) is 66.5 Å². The minimum Gasteiger partial charge on any atom is -0.296 e. The van der Waals surface area contributed by atoms with E-state index in [9.17, 15) is 10.1 Å². The van der Waals surface area contributed by atoms with E-state index in [1.54, 1.807) is 12.4 Å². The molecule has 2 heterocycles. The van der Waals surface area contributed by atoms with Gasteiger partial charge in [0.1, 0.15) is 11.9 Å². The first-order chi connectivity index (χ1) is 15.5. The second-order valence-corrected chi connectivity index (χ2v) is 8.39. The van der Waals surface area contributed by atoms with Gasteiger partial charge in [-0.25, -0.2) is 4.98 Å². The van der Waals surface area contributed by atoms with Crippen LogP contribution in [0.5, 0.6) is 0 Å². The van der Waals surface area contributed by atoms with E-state index < -0.39 is 5.41 Å². The first-order valence-electron chi connectivity index (χ1n) is 11.3. The van der Waals surface area contributed by atoms with Crippen molar-refractivity contribution in [3.8, 4) is 23.1 Å². The third-order valence-corrected chi connectivity index (χ3v) is 6.75. The maximum Gasteiger partial charge on any atom is 0.176 e. The normalized spacial score (nSPS) is 23.7. The first kappa shape index (κ1) is 21.7. The smallest absolute Gasteiger partial charge is 0.176 e. The average Bonchev–Trinajstić information content (AvgIpc) is 3.25. The first-order valence-corrected chi connectivity index (χ1v) is 11.3. The molecule has 0 N–H and O–H groups in total. The molecule has 5 nitrogen and oxygen atoms in total. The summed E-state index contributed by atoms with van der Waals surface area (Å²) in [5.41, 5.74) is 3.99. The van der Waals surface area contributed by atoms with Crippen molar-refractivity contribution in [1.29, 1.82) is 5.26 Å². The minimum atomic E-state index is -0.451. The summed E-state index contributed by atoms with van der Waals surface area (Å²) in [4.78, 5) is 22.0. The number of allylic oxidation sites excluding steroid dienone is 2. The second-order valence-electron chi connectivity index (χ2n) is 8.39. The standard InChI is InChI=1S/C25H22N4O.C2H6/c1-16-20-8-9-21-23(25(20,2)14-18(15-26)22(16)30)28-24(17-10-12-27-13-11-17)29(21)19-6-4-3-5-7-19;1-2/h3-7,10-14,16,20H,8-9H2,1-2H3;1-2H3/t16-,20?,25?;/m0./s1. The van der Waals surface area contributed by atoms with E-state index in [-0.39, 0.29) is 23.2 Å². The Morgan fingerprint density at radius 3 is 2.47 bits per heavy atom. The molecule has 5 rings (SSSR count). The van der Waals surface area contributed by atoms with Crippen LogP contribution in [0, 0.1) is 23.2 Å². The number of carbonyl (C=O) groups is 1. The van der Waals surface area contributed by atoms with Crippen molar-refractivity contribution in [3.05, 3.63) is 77.9 Å². The fourth-order valence-corrected chi connectivity index (χ4v) is 5.26. The predicted octanol–water partition coefficient (Wildman–Crippen LogP) is 5.45. The lowest BCUT2D eigenvalue weighted by molar-refractivity contribution is -0.121. The quantitative estimate of drug-likeness (QED) is 0.548. The van der Waals surface area contributed by atoms with E-state index in [1.165, 1.54) is 0 Å². The number of aromatic nitrogens is 3. The molecule has 162 valence electrons. The Hall–Kier alpha value is -3.52. The van der Waals surface area contributed by atoms with Crippen LogP contribution in [-0.4, -0.2) is 20.3 Å². The molecule has 0 bridgehead atoms. The predicted molar refractivity (Wildman–Crippen MR) is 125 cm³/mol. The van der Waals surface area contributed by atoms with Crippen LogP contribution in [0.3, 0.4) is 0 Å². The van der Waals surface area contributed by atoms with Gasteiger partial charge in [-0.3, -0.25) is 14.3 Å². The highest BCUT2D eigenvalue weighted by Gasteiger charge is 2.50. The zero-order chi connectivity index (χ0) is 22.9. The number of hydrogen-bond acceptors (Lipinski definition) is 4. The van der Waals surface area contributed by atoms with Crippen molar-refractivity contribution in [1.82, 2.24) is 14.5 Å². The summed E-state index contributed by atoms with van der Waals surface area (Å²) in [5.74, 6) is 0.778. The van der Waals surface area contributed by atoms with Crippen molar-refractivity contribution in [3.63, 3.8) is 0 Å². The van der Waals surface area contributed by atoms with Crippen molar-refractivity contribution in [2.45, 2.75) is 46.0 Å². The Labute approximate surface area is 189 Å². The van der Waals surface area contributed by atoms with Gasteiger partial charge in [0.05, 0.1) is 11.3 Å². The van der Waals surface area contributed by atoms with Gasteiger partial charge in [0, 0.05) is 40.7 Å². The maximum absolute atomic E-state index is 12.7. The Kier molecular flexibility index (Phi) is 5.80. The number of nitrogens with zero attached hydrogens (tertiary/aromatic N) is 4. The largest absolute Gasteiger partial charge is 0.296 e. The third-order valence-electron chi connectivity index (χ3n) is 6.75. The molecule has 0 saturated heterocycles. The van der Waals surface area contributed by atoms with E-state index in [1.807, 2.05) is 57.2 Å². The highest BCUT2D eigenvalue weighted by Crippen LogP contribution is 2.50. The van der Waals surface area contributed by atoms with E-state index in [2.05, 4.69) is 34.7 Å². The van der Waals surface area contributed by atoms with E-state index in [0.29, 0.717) is 0 Å². The molecule has 0 aliphatic heterocycles. The molecule has 3 atom stereocenters. The molecule has 2 aromatic heterocycles. The lowest BCUT2D eigenvalue weighted by Crippen LogP contribution is -2.45. The lowest BCUT2D eigenvalue weighted by Gasteiger charge is -2.44. The van der Waals surface area contributed by atoms with Crippen molar-refractivity contribution in [2.24, 2.45) is 11.8 Å². The number of nitriles is 1. The molecule has 0 amide bonds. The number of fused-ring (bicyclic) bond motifs is 3. The molecule has 2 aliphatic carbocycles. The van der Waals surface area contributed by atoms with E-state index >= 15 is 0 Å². The topological polar surface area (TPSA) is 71.6 Å². The molecular weight excluding hydrogens is 396 g/mol. The van der Waals surface area contributed by atoms with Gasteiger partial charge in [-0.2, -0.15) is 5.26 Å². The van der Waals surface area contributed by atoms with Crippen molar-refractivity contribution in [2.75, 3.05) is 0 Å². The van der Waals surface area contributed by atoms with E-state index in [4.69, 9.17) is 4.98 Å². The minimum absolute atomic E-state index is 0.0414. The van der Waals surface area contributed by atoms with Gasteiger partial charge in [-0.15, -0.1) is 0 Å². The Morgan fingerprint density at radius 1 is 1.12 bits per heavy atom. The zero-order valence-corrected chi connectivity index (χ0v) is 19.0. The Balaban J connectivity index is 0.00000119. The maximum atomic E-state index is 12.7. The summed E-state index contributed by atoms with van der Waals surface area (Å²) in [7, 11) is 0. The van der Waals surface area contributed by atoms with Crippen LogP contribution in [-0.2, 0) is 16.6 Å². The third kappa shape index (κ3) is 3.27. The number of hydrogen-bond donors (Lipinski definition) is 0. The monoisotopic (exact) mass is 424 g/mol. The fraction of sp³-hybridized carbons (Fsp3) is 0.333. The molecule has 2 unspecified atom stereocenters. The van der Waals surface area contributed by atoms with Gasteiger partial charge < -0.3 is 0 Å². The van der Waals surface area contributed by atoms with Crippen LogP contribution in [0.2, 0.25) is 0 Å². The van der Waals surface area contributed by atoms with Gasteiger partial charge in [-0.1, -0.05) is 52.0 Å². The van der Waals surface area contributed by atoms with Crippen LogP contribution in [0.4, 0.5) is 0 Å². The average molecular weight is 425 g/mol. The van der Waals surface area contributed by atoms with Gasteiger partial charge in [0.15, 0.2) is 5.78 Å². The summed E-state index contributed by atoms with van der Waals surface area (Å²) in [6, 6.07) is 16.3. The summed E-state index contributed by atoms with van der Waals surface area (Å²) in [6.45, 7) is 8.09. The van der Waals surface area contributed by atoms with Gasteiger partial charge in [0.25, 0.3) is 0 Å². The summed E-state index contributed by atoms with van der Waals surface area (Å²) < 4.78 is 2.23. The molecule has 0 radical (unpaired) electrons. The Morgan fingerprint density at radius 2 is 1.81 bits per heavy atom. The number of benzene rings is 1. The SMILES string of the molecule is CC.C[C@@H]1C(=O)C(C#N)=CC2(C)c3nc(-c4ccncc4)n(-c4ccccc4)c3CCC12. The van der Waals surface area contributed by atoms with Crippen LogP contribution in [0.1, 0.15) is 45.5 Å². The number of Topliss-reactive ketones (excluding diaryl/α,β-unsaturated/α-hetero) is 1. The number of pyridine rings is 1. The number of rotatable bonds is 2. The summed E-state index contributed by atoms with van der Waals surface area (Å²) >= 11 is 0. The van der Waals surface area contributed by atoms with Crippen LogP contribution in [0.25, 0.3) is 17.1 Å². The zero-order valence-electron chi connectivity index (χ0n) is 19.0. The second kappa shape index (κ2) is 8.55. The molecule has 1 aromatic carbocycles. The molecule has 2 aliphatic rings. The molecule has 5 heteroatoms. The molecule has 0 fully saturated rings. The van der Waals surface area contributed by atoms with Gasteiger partial charge in [0.2, 0.25) is 0 Å². The summed E-state index contributed by atoms with van der Waals surface area (Å²) in [6.07, 6.45) is 7.16. The number of carbonyl (C=O) groups excluding carboxylic acids is 1. The highest BCUT2D eigenvalue weighted by molar-refractivity contribution is 6.02.